The average Bonchev–Trinajstić information content (AvgIpc) is 3.55. The van der Waals surface area contributed by atoms with Gasteiger partial charge in [-0.3, -0.25) is 9.59 Å². The minimum absolute atomic E-state index is 0.0144. The van der Waals surface area contributed by atoms with Gasteiger partial charge in [0.1, 0.15) is 11.6 Å². The molecule has 6 heteroatoms. The molecule has 2 amide bonds. The monoisotopic (exact) mass is 396 g/mol. The Labute approximate surface area is 169 Å². The summed E-state index contributed by atoms with van der Waals surface area (Å²) in [5.41, 5.74) is 1.69. The van der Waals surface area contributed by atoms with Gasteiger partial charge >= 0.3 is 0 Å². The molecule has 29 heavy (non-hydrogen) atoms. The maximum atomic E-state index is 13.1. The summed E-state index contributed by atoms with van der Waals surface area (Å²) in [5.74, 6) is 0.560. The van der Waals surface area contributed by atoms with Crippen molar-refractivity contribution in [1.29, 1.82) is 0 Å². The van der Waals surface area contributed by atoms with Gasteiger partial charge in [-0.05, 0) is 55.0 Å². The molecular weight excluding hydrogens is 371 g/mol. The molecule has 4 rings (SSSR count). The summed E-state index contributed by atoms with van der Waals surface area (Å²) in [5, 5.41) is 2.95. The van der Waals surface area contributed by atoms with Crippen LogP contribution in [0.15, 0.2) is 48.5 Å². The number of carbonyl (C=O) groups excluding carboxylic acids is 2. The molecule has 0 radical (unpaired) electrons. The van der Waals surface area contributed by atoms with E-state index in [1.54, 1.807) is 19.2 Å². The zero-order chi connectivity index (χ0) is 20.4. The number of benzene rings is 2. The number of halogens is 1. The number of carbonyl (C=O) groups is 2. The number of rotatable bonds is 5. The third-order valence-corrected chi connectivity index (χ3v) is 5.95. The lowest BCUT2D eigenvalue weighted by Gasteiger charge is -2.31. The third kappa shape index (κ3) is 4.26. The van der Waals surface area contributed by atoms with Crippen molar-refractivity contribution in [1.82, 2.24) is 4.90 Å². The minimum Gasteiger partial charge on any atom is -0.495 e. The number of methoxy groups -OCH3 is 1. The molecule has 2 unspecified atom stereocenters. The Bertz CT molecular complexity index is 891. The van der Waals surface area contributed by atoms with Gasteiger partial charge in [-0.25, -0.2) is 4.39 Å². The van der Waals surface area contributed by atoms with Gasteiger partial charge in [0, 0.05) is 24.9 Å². The van der Waals surface area contributed by atoms with Crippen molar-refractivity contribution < 1.29 is 18.7 Å². The molecular formula is C23H25FN2O3. The summed E-state index contributed by atoms with van der Waals surface area (Å²) in [6, 6.07) is 13.8. The van der Waals surface area contributed by atoms with Crippen LogP contribution in [0.1, 0.15) is 30.7 Å². The highest BCUT2D eigenvalue weighted by Gasteiger charge is 2.46. The Morgan fingerprint density at radius 1 is 1.07 bits per heavy atom. The molecule has 2 aliphatic rings. The highest BCUT2D eigenvalue weighted by molar-refractivity contribution is 5.94. The topological polar surface area (TPSA) is 58.6 Å². The number of ether oxygens (including phenoxy) is 1. The smallest absolute Gasteiger partial charge is 0.227 e. The number of hydrogen-bond donors (Lipinski definition) is 1. The normalized spacial score (nSPS) is 21.5. The fourth-order valence-corrected chi connectivity index (χ4v) is 4.13. The van der Waals surface area contributed by atoms with Crippen LogP contribution < -0.4 is 10.1 Å². The number of amides is 2. The van der Waals surface area contributed by atoms with Crippen molar-refractivity contribution in [3.63, 3.8) is 0 Å². The van der Waals surface area contributed by atoms with Crippen molar-refractivity contribution >= 4 is 17.5 Å². The second kappa shape index (κ2) is 8.23. The lowest BCUT2D eigenvalue weighted by molar-refractivity contribution is -0.135. The van der Waals surface area contributed by atoms with E-state index in [2.05, 4.69) is 5.32 Å². The minimum atomic E-state index is -0.259. The van der Waals surface area contributed by atoms with Crippen LogP contribution in [0, 0.1) is 17.7 Å². The summed E-state index contributed by atoms with van der Waals surface area (Å²) in [6.45, 7) is 1.19. The SMILES string of the molecule is COc1ccccc1NC(=O)C1CCN(C(=O)C2CC2c2ccc(F)cc2)CC1. The second-order valence-electron chi connectivity index (χ2n) is 7.79. The zero-order valence-electron chi connectivity index (χ0n) is 16.4. The van der Waals surface area contributed by atoms with Gasteiger partial charge in [0.15, 0.2) is 0 Å². The largest absolute Gasteiger partial charge is 0.495 e. The van der Waals surface area contributed by atoms with Gasteiger partial charge in [0.25, 0.3) is 0 Å². The first-order chi connectivity index (χ1) is 14.1. The molecule has 1 saturated heterocycles. The molecule has 2 aromatic carbocycles. The van der Waals surface area contributed by atoms with E-state index in [0.29, 0.717) is 37.4 Å². The molecule has 2 fully saturated rings. The van der Waals surface area contributed by atoms with E-state index in [0.717, 1.165) is 12.0 Å². The Balaban J connectivity index is 1.28. The number of piperidine rings is 1. The van der Waals surface area contributed by atoms with Crippen LogP contribution in [0.4, 0.5) is 10.1 Å². The maximum absolute atomic E-state index is 13.1. The first-order valence-electron chi connectivity index (χ1n) is 10.0. The van der Waals surface area contributed by atoms with Crippen molar-refractivity contribution in [3.05, 3.63) is 59.9 Å². The average molecular weight is 396 g/mol. The fourth-order valence-electron chi connectivity index (χ4n) is 4.13. The van der Waals surface area contributed by atoms with Crippen molar-refractivity contribution in [2.45, 2.75) is 25.2 Å². The number of anilines is 1. The summed E-state index contributed by atoms with van der Waals surface area (Å²) in [6.07, 6.45) is 2.12. The predicted octanol–water partition coefficient (Wildman–Crippen LogP) is 3.82. The van der Waals surface area contributed by atoms with E-state index < -0.39 is 0 Å². The lowest BCUT2D eigenvalue weighted by atomic mass is 9.95. The Morgan fingerprint density at radius 2 is 1.76 bits per heavy atom. The molecule has 152 valence electrons. The molecule has 5 nitrogen and oxygen atoms in total. The Morgan fingerprint density at radius 3 is 2.45 bits per heavy atom. The van der Waals surface area contributed by atoms with E-state index in [9.17, 15) is 14.0 Å². The van der Waals surface area contributed by atoms with Crippen molar-refractivity contribution in [2.75, 3.05) is 25.5 Å². The first-order valence-corrected chi connectivity index (χ1v) is 10.0. The molecule has 1 heterocycles. The molecule has 2 atom stereocenters. The number of likely N-dealkylation sites (tertiary alicyclic amines) is 1. The molecule has 0 spiro atoms. The van der Waals surface area contributed by atoms with Crippen LogP contribution in [0.5, 0.6) is 5.75 Å². The standard InChI is InChI=1S/C23H25FN2O3/c1-29-21-5-3-2-4-20(21)25-22(27)16-10-12-26(13-11-16)23(28)19-14-18(19)15-6-8-17(24)9-7-15/h2-9,16,18-19H,10-14H2,1H3,(H,25,27). The van der Waals surface area contributed by atoms with Gasteiger partial charge in [-0.15, -0.1) is 0 Å². The highest BCUT2D eigenvalue weighted by Crippen LogP contribution is 2.48. The van der Waals surface area contributed by atoms with Gasteiger partial charge in [0.05, 0.1) is 12.8 Å². The van der Waals surface area contributed by atoms with Crippen LogP contribution in [-0.2, 0) is 9.59 Å². The quantitative estimate of drug-likeness (QED) is 0.836. The summed E-state index contributed by atoms with van der Waals surface area (Å²) >= 11 is 0. The van der Waals surface area contributed by atoms with E-state index in [-0.39, 0.29) is 35.4 Å². The molecule has 0 bridgehead atoms. The van der Waals surface area contributed by atoms with Crippen molar-refractivity contribution in [3.8, 4) is 5.75 Å². The fraction of sp³-hybridized carbons (Fsp3) is 0.391. The maximum Gasteiger partial charge on any atom is 0.227 e. The van der Waals surface area contributed by atoms with E-state index in [1.807, 2.05) is 29.2 Å². The number of nitrogens with zero attached hydrogens (tertiary/aromatic N) is 1. The predicted molar refractivity (Wildman–Crippen MR) is 108 cm³/mol. The van der Waals surface area contributed by atoms with Gasteiger partial charge in [0.2, 0.25) is 11.8 Å². The summed E-state index contributed by atoms with van der Waals surface area (Å²) < 4.78 is 18.4. The van der Waals surface area contributed by atoms with Crippen LogP contribution in [0.25, 0.3) is 0 Å². The van der Waals surface area contributed by atoms with Gasteiger partial charge in [-0.1, -0.05) is 24.3 Å². The second-order valence-corrected chi connectivity index (χ2v) is 7.79. The van der Waals surface area contributed by atoms with Gasteiger partial charge < -0.3 is 15.0 Å². The highest BCUT2D eigenvalue weighted by atomic mass is 19.1. The van der Waals surface area contributed by atoms with E-state index >= 15 is 0 Å². The molecule has 0 aromatic heterocycles. The lowest BCUT2D eigenvalue weighted by Crippen LogP contribution is -2.42. The number of nitrogens with one attached hydrogen (secondary N) is 1. The Kier molecular flexibility index (Phi) is 5.51. The van der Waals surface area contributed by atoms with Gasteiger partial charge in [-0.2, -0.15) is 0 Å². The molecule has 1 saturated carbocycles. The van der Waals surface area contributed by atoms with Crippen LogP contribution >= 0.6 is 0 Å². The number of hydrogen-bond acceptors (Lipinski definition) is 3. The van der Waals surface area contributed by atoms with Crippen LogP contribution in [0.3, 0.4) is 0 Å². The number of para-hydroxylation sites is 2. The molecule has 1 aliphatic carbocycles. The molecule has 1 N–H and O–H groups in total. The van der Waals surface area contributed by atoms with Crippen LogP contribution in [0.2, 0.25) is 0 Å². The van der Waals surface area contributed by atoms with Crippen molar-refractivity contribution in [2.24, 2.45) is 11.8 Å². The molecule has 2 aromatic rings. The molecule has 1 aliphatic heterocycles. The van der Waals surface area contributed by atoms with E-state index in [1.165, 1.54) is 12.1 Å². The first kappa shape index (κ1) is 19.4. The van der Waals surface area contributed by atoms with E-state index in [4.69, 9.17) is 4.74 Å². The Hall–Kier alpha value is -2.89. The third-order valence-electron chi connectivity index (χ3n) is 5.95. The summed E-state index contributed by atoms with van der Waals surface area (Å²) in [4.78, 5) is 27.3. The zero-order valence-corrected chi connectivity index (χ0v) is 16.4. The summed E-state index contributed by atoms with van der Waals surface area (Å²) in [7, 11) is 1.58. The van der Waals surface area contributed by atoms with Crippen LogP contribution in [-0.4, -0.2) is 36.9 Å².